The van der Waals surface area contributed by atoms with Crippen LogP contribution < -0.4 is 5.32 Å². The molecule has 172 valence electrons. The van der Waals surface area contributed by atoms with Crippen molar-refractivity contribution in [3.63, 3.8) is 0 Å². The fourth-order valence-corrected chi connectivity index (χ4v) is 4.84. The van der Waals surface area contributed by atoms with Crippen LogP contribution in [0.25, 0.3) is 11.1 Å². The minimum Gasteiger partial charge on any atom is -0.351 e. The highest BCUT2D eigenvalue weighted by Gasteiger charge is 2.31. The molecule has 0 radical (unpaired) electrons. The maximum Gasteiger partial charge on any atom is 0.416 e. The van der Waals surface area contributed by atoms with E-state index in [1.54, 1.807) is 12.1 Å². The first-order valence-corrected chi connectivity index (χ1v) is 11.3. The summed E-state index contributed by atoms with van der Waals surface area (Å²) in [6.45, 7) is 1.09. The summed E-state index contributed by atoms with van der Waals surface area (Å²) in [4.78, 5) is 13.7. The Bertz CT molecular complexity index is 1100. The Hall–Kier alpha value is -2.84. The van der Waals surface area contributed by atoms with Gasteiger partial charge in [-0.05, 0) is 83.9 Å². The Morgan fingerprint density at radius 2 is 1.73 bits per heavy atom. The molecule has 1 N–H and O–H groups in total. The summed E-state index contributed by atoms with van der Waals surface area (Å²) >= 11 is 1.45. The Balaban J connectivity index is 1.37. The van der Waals surface area contributed by atoms with Crippen LogP contribution in [0.1, 0.15) is 24.0 Å². The van der Waals surface area contributed by atoms with Gasteiger partial charge < -0.3 is 5.32 Å². The number of nitrogens with one attached hydrogen (secondary N) is 1. The molecular weight excluding hydrogens is 452 g/mol. The van der Waals surface area contributed by atoms with Crippen molar-refractivity contribution >= 4 is 17.9 Å². The first kappa shape index (κ1) is 23.3. The number of hydrogen-bond donors (Lipinski definition) is 1. The number of nitrogens with zero attached hydrogens (tertiary/aromatic N) is 1. The molecule has 1 aliphatic rings. The molecule has 1 saturated heterocycles. The molecule has 4 rings (SSSR count). The van der Waals surface area contributed by atoms with Gasteiger partial charge in [0.2, 0.25) is 5.91 Å². The second-order valence-corrected chi connectivity index (χ2v) is 8.96. The number of carbonyl (C=O) groups is 1. The van der Waals surface area contributed by atoms with Crippen molar-refractivity contribution < 1.29 is 22.4 Å². The molecule has 33 heavy (non-hydrogen) atoms. The minimum atomic E-state index is -4.37. The molecule has 0 aromatic heterocycles. The molecule has 0 aliphatic carbocycles. The molecule has 3 aromatic carbocycles. The summed E-state index contributed by atoms with van der Waals surface area (Å²) < 4.78 is 53.5. The lowest BCUT2D eigenvalue weighted by Crippen LogP contribution is -2.40. The second kappa shape index (κ2) is 9.97. The molecule has 0 saturated carbocycles. The predicted molar refractivity (Wildman–Crippen MR) is 121 cm³/mol. The number of carbonyl (C=O) groups excluding carboxylic acids is 1. The lowest BCUT2D eigenvalue weighted by Gasteiger charge is -2.22. The van der Waals surface area contributed by atoms with E-state index in [1.165, 1.54) is 36.2 Å². The fraction of sp³-hybridized carbons (Fsp3) is 0.240. The Labute approximate surface area is 193 Å². The van der Waals surface area contributed by atoms with Gasteiger partial charge in [0.15, 0.2) is 0 Å². The number of halogens is 4. The van der Waals surface area contributed by atoms with Crippen molar-refractivity contribution in [3.8, 4) is 11.1 Å². The van der Waals surface area contributed by atoms with E-state index in [0.29, 0.717) is 12.1 Å². The molecule has 1 fully saturated rings. The monoisotopic (exact) mass is 474 g/mol. The Kier molecular flexibility index (Phi) is 7.05. The largest absolute Gasteiger partial charge is 0.416 e. The molecule has 1 amide bonds. The molecule has 0 spiro atoms. The van der Waals surface area contributed by atoms with E-state index in [4.69, 9.17) is 0 Å². The van der Waals surface area contributed by atoms with Crippen molar-refractivity contribution in [1.29, 1.82) is 0 Å². The van der Waals surface area contributed by atoms with Crippen LogP contribution in [0, 0.1) is 5.82 Å². The van der Waals surface area contributed by atoms with Crippen LogP contribution in [0.5, 0.6) is 0 Å². The fourth-order valence-electron chi connectivity index (χ4n) is 3.76. The zero-order valence-corrected chi connectivity index (χ0v) is 18.4. The topological polar surface area (TPSA) is 32.3 Å². The van der Waals surface area contributed by atoms with E-state index in [1.807, 2.05) is 28.6 Å². The van der Waals surface area contributed by atoms with Crippen molar-refractivity contribution in [2.45, 2.75) is 36.5 Å². The molecule has 1 atom stereocenters. The SMILES string of the molecule is O=C(NCc1cccc(-c2ccc(C(F)(F)F)cc2)c1)[C@@H]1CCCN1Sc1ccc(F)cc1. The highest BCUT2D eigenvalue weighted by molar-refractivity contribution is 7.97. The number of alkyl halides is 3. The van der Waals surface area contributed by atoms with Crippen molar-refractivity contribution in [1.82, 2.24) is 9.62 Å². The van der Waals surface area contributed by atoms with E-state index in [9.17, 15) is 22.4 Å². The van der Waals surface area contributed by atoms with Crippen molar-refractivity contribution in [2.24, 2.45) is 0 Å². The summed E-state index contributed by atoms with van der Waals surface area (Å²) in [7, 11) is 0. The number of rotatable bonds is 6. The molecule has 3 aromatic rings. The predicted octanol–water partition coefficient (Wildman–Crippen LogP) is 6.30. The first-order chi connectivity index (χ1) is 15.8. The Morgan fingerprint density at radius 1 is 1.00 bits per heavy atom. The normalized spacial score (nSPS) is 16.7. The maximum atomic E-state index is 13.1. The van der Waals surface area contributed by atoms with Gasteiger partial charge in [-0.1, -0.05) is 30.3 Å². The average Bonchev–Trinajstić information content (AvgIpc) is 3.27. The lowest BCUT2D eigenvalue weighted by atomic mass is 10.0. The smallest absolute Gasteiger partial charge is 0.351 e. The first-order valence-electron chi connectivity index (χ1n) is 10.5. The van der Waals surface area contributed by atoms with E-state index >= 15 is 0 Å². The van der Waals surface area contributed by atoms with Gasteiger partial charge >= 0.3 is 6.18 Å². The molecule has 0 bridgehead atoms. The molecule has 0 unspecified atom stereocenters. The third kappa shape index (κ3) is 5.94. The summed E-state index contributed by atoms with van der Waals surface area (Å²) in [5.74, 6) is -0.379. The molecule has 3 nitrogen and oxygen atoms in total. The van der Waals surface area contributed by atoms with Crippen molar-refractivity contribution in [3.05, 3.63) is 89.7 Å². The number of amides is 1. The highest BCUT2D eigenvalue weighted by atomic mass is 32.2. The quantitative estimate of drug-likeness (QED) is 0.336. The van der Waals surface area contributed by atoms with Gasteiger partial charge in [-0.2, -0.15) is 13.2 Å². The molecule has 1 heterocycles. The van der Waals surface area contributed by atoms with Gasteiger partial charge in [0.05, 0.1) is 11.6 Å². The van der Waals surface area contributed by atoms with E-state index < -0.39 is 11.7 Å². The van der Waals surface area contributed by atoms with Gasteiger partial charge in [0.25, 0.3) is 0 Å². The average molecular weight is 475 g/mol. The van der Waals surface area contributed by atoms with Gasteiger partial charge in [-0.3, -0.25) is 4.79 Å². The number of hydrogen-bond acceptors (Lipinski definition) is 3. The highest BCUT2D eigenvalue weighted by Crippen LogP contribution is 2.32. The van der Waals surface area contributed by atoms with Crippen LogP contribution in [-0.2, 0) is 17.5 Å². The van der Waals surface area contributed by atoms with Crippen LogP contribution in [0.2, 0.25) is 0 Å². The lowest BCUT2D eigenvalue weighted by molar-refractivity contribution is -0.137. The maximum absolute atomic E-state index is 13.1. The van der Waals surface area contributed by atoms with E-state index in [2.05, 4.69) is 5.32 Å². The van der Waals surface area contributed by atoms with Gasteiger partial charge in [-0.15, -0.1) is 0 Å². The van der Waals surface area contributed by atoms with Crippen LogP contribution >= 0.6 is 11.9 Å². The van der Waals surface area contributed by atoms with Crippen LogP contribution in [0.15, 0.2) is 77.7 Å². The number of benzene rings is 3. The Morgan fingerprint density at radius 3 is 2.42 bits per heavy atom. The zero-order valence-electron chi connectivity index (χ0n) is 17.6. The van der Waals surface area contributed by atoms with Crippen LogP contribution in [0.3, 0.4) is 0 Å². The van der Waals surface area contributed by atoms with Gasteiger partial charge in [0, 0.05) is 18.0 Å². The summed E-state index contributed by atoms with van der Waals surface area (Å²) in [5.41, 5.74) is 1.63. The molecule has 8 heteroatoms. The second-order valence-electron chi connectivity index (χ2n) is 7.84. The summed E-state index contributed by atoms with van der Waals surface area (Å²) in [6.07, 6.45) is -2.73. The van der Waals surface area contributed by atoms with Crippen LogP contribution in [0.4, 0.5) is 17.6 Å². The van der Waals surface area contributed by atoms with Crippen LogP contribution in [-0.4, -0.2) is 22.8 Å². The third-order valence-corrected chi connectivity index (χ3v) is 6.64. The van der Waals surface area contributed by atoms with E-state index in [-0.39, 0.29) is 17.8 Å². The minimum absolute atomic E-state index is 0.0814. The van der Waals surface area contributed by atoms with E-state index in [0.717, 1.165) is 47.5 Å². The van der Waals surface area contributed by atoms with Gasteiger partial charge in [-0.25, -0.2) is 8.70 Å². The molecular formula is C25H22F4N2OS. The van der Waals surface area contributed by atoms with Crippen molar-refractivity contribution in [2.75, 3.05) is 6.54 Å². The summed E-state index contributed by atoms with van der Waals surface area (Å²) in [5, 5.41) is 2.97. The summed E-state index contributed by atoms with van der Waals surface area (Å²) in [6, 6.07) is 18.3. The third-order valence-electron chi connectivity index (χ3n) is 5.48. The van der Waals surface area contributed by atoms with Gasteiger partial charge in [0.1, 0.15) is 5.82 Å². The zero-order chi connectivity index (χ0) is 23.4. The standard InChI is InChI=1S/C25H22F4N2OS/c26-21-10-12-22(13-11-21)33-31-14-2-5-23(31)24(32)30-16-17-3-1-4-19(15-17)18-6-8-20(9-7-18)25(27,28)29/h1,3-4,6-13,15,23H,2,5,14,16H2,(H,30,32)/t23-/m0/s1. The molecule has 1 aliphatic heterocycles.